The summed E-state index contributed by atoms with van der Waals surface area (Å²) in [6.45, 7) is 3.06. The minimum Gasteiger partial charge on any atom is -0.494 e. The zero-order valence-corrected chi connectivity index (χ0v) is 15.3. The highest BCUT2D eigenvalue weighted by atomic mass is 19.1. The molecule has 1 N–H and O–H groups in total. The minimum atomic E-state index is -0.442. The third-order valence-electron chi connectivity index (χ3n) is 4.52. The molecule has 1 aliphatic heterocycles. The maximum Gasteiger partial charge on any atom is 0.229 e. The number of amides is 2. The predicted molar refractivity (Wildman–Crippen MR) is 102 cm³/mol. The van der Waals surface area contributed by atoms with Gasteiger partial charge in [-0.25, -0.2) is 4.39 Å². The van der Waals surface area contributed by atoms with Crippen LogP contribution in [0.4, 0.5) is 15.8 Å². The molecule has 27 heavy (non-hydrogen) atoms. The molecular formula is C21H23FN2O3. The van der Waals surface area contributed by atoms with Gasteiger partial charge in [0.2, 0.25) is 11.8 Å². The van der Waals surface area contributed by atoms with Crippen molar-refractivity contribution in [3.05, 3.63) is 54.3 Å². The van der Waals surface area contributed by atoms with E-state index in [1.165, 1.54) is 17.0 Å². The van der Waals surface area contributed by atoms with Crippen molar-refractivity contribution in [1.29, 1.82) is 0 Å². The van der Waals surface area contributed by atoms with Crippen LogP contribution in [0.1, 0.15) is 26.2 Å². The smallest absolute Gasteiger partial charge is 0.229 e. The number of rotatable bonds is 7. The molecule has 0 radical (unpaired) electrons. The van der Waals surface area contributed by atoms with Crippen LogP contribution in [0.15, 0.2) is 48.5 Å². The van der Waals surface area contributed by atoms with E-state index in [-0.39, 0.29) is 30.6 Å². The minimum absolute atomic E-state index is 0.138. The van der Waals surface area contributed by atoms with Gasteiger partial charge in [-0.3, -0.25) is 9.59 Å². The summed E-state index contributed by atoms with van der Waals surface area (Å²) >= 11 is 0. The second-order valence-corrected chi connectivity index (χ2v) is 6.60. The summed E-state index contributed by atoms with van der Waals surface area (Å²) in [6.07, 6.45) is 2.21. The lowest BCUT2D eigenvalue weighted by Gasteiger charge is -2.16. The van der Waals surface area contributed by atoms with Crippen LogP contribution in [0, 0.1) is 11.7 Å². The fourth-order valence-electron chi connectivity index (χ4n) is 2.97. The van der Waals surface area contributed by atoms with Crippen molar-refractivity contribution in [2.45, 2.75) is 26.2 Å². The molecule has 0 aliphatic carbocycles. The number of hydrogen-bond acceptors (Lipinski definition) is 3. The molecule has 1 saturated heterocycles. The summed E-state index contributed by atoms with van der Waals surface area (Å²) in [4.78, 5) is 26.3. The van der Waals surface area contributed by atoms with Gasteiger partial charge in [0.15, 0.2) is 0 Å². The number of ether oxygens (including phenoxy) is 1. The second kappa shape index (κ2) is 8.66. The van der Waals surface area contributed by atoms with E-state index < -0.39 is 5.92 Å². The highest BCUT2D eigenvalue weighted by Crippen LogP contribution is 2.26. The standard InChI is InChI=1S/C21H23FN2O3/c1-2-3-12-27-19-10-6-17(7-11-19)23-21(26)15-13-20(25)24(14-15)18-8-4-16(22)5-9-18/h4-11,15H,2-3,12-14H2,1H3,(H,23,26). The van der Waals surface area contributed by atoms with Gasteiger partial charge in [-0.15, -0.1) is 0 Å². The molecule has 1 fully saturated rings. The second-order valence-electron chi connectivity index (χ2n) is 6.60. The molecule has 2 amide bonds. The number of nitrogens with one attached hydrogen (secondary N) is 1. The van der Waals surface area contributed by atoms with E-state index >= 15 is 0 Å². The van der Waals surface area contributed by atoms with Crippen LogP contribution >= 0.6 is 0 Å². The third-order valence-corrected chi connectivity index (χ3v) is 4.52. The zero-order chi connectivity index (χ0) is 19.2. The monoisotopic (exact) mass is 370 g/mol. The van der Waals surface area contributed by atoms with E-state index in [4.69, 9.17) is 4.74 Å². The van der Waals surface area contributed by atoms with Crippen molar-refractivity contribution in [3.8, 4) is 5.75 Å². The van der Waals surface area contributed by atoms with Crippen LogP contribution in [-0.2, 0) is 9.59 Å². The van der Waals surface area contributed by atoms with Crippen LogP contribution < -0.4 is 15.0 Å². The molecule has 1 atom stereocenters. The van der Waals surface area contributed by atoms with Crippen LogP contribution in [0.5, 0.6) is 5.75 Å². The molecule has 0 saturated carbocycles. The number of halogens is 1. The van der Waals surface area contributed by atoms with Gasteiger partial charge >= 0.3 is 0 Å². The molecule has 3 rings (SSSR count). The van der Waals surface area contributed by atoms with Gasteiger partial charge < -0.3 is 15.0 Å². The van der Waals surface area contributed by atoms with Crippen molar-refractivity contribution in [2.75, 3.05) is 23.4 Å². The molecule has 142 valence electrons. The molecule has 1 aliphatic rings. The molecule has 6 heteroatoms. The van der Waals surface area contributed by atoms with Crippen LogP contribution in [0.3, 0.4) is 0 Å². The Morgan fingerprint density at radius 1 is 1.19 bits per heavy atom. The molecule has 1 unspecified atom stereocenters. The van der Waals surface area contributed by atoms with E-state index in [1.807, 2.05) is 12.1 Å². The van der Waals surface area contributed by atoms with Crippen LogP contribution in [0.2, 0.25) is 0 Å². The van der Waals surface area contributed by atoms with Crippen molar-refractivity contribution in [2.24, 2.45) is 5.92 Å². The number of hydrogen-bond donors (Lipinski definition) is 1. The number of anilines is 2. The Labute approximate surface area is 158 Å². The van der Waals surface area contributed by atoms with Crippen LogP contribution in [-0.4, -0.2) is 25.0 Å². The predicted octanol–water partition coefficient (Wildman–Crippen LogP) is 4.00. The van der Waals surface area contributed by atoms with Crippen molar-refractivity contribution in [1.82, 2.24) is 0 Å². The molecular weight excluding hydrogens is 347 g/mol. The quantitative estimate of drug-likeness (QED) is 0.750. The molecule has 2 aromatic rings. The van der Waals surface area contributed by atoms with Gasteiger partial charge in [0.25, 0.3) is 0 Å². The number of carbonyl (C=O) groups is 2. The number of nitrogens with zero attached hydrogens (tertiary/aromatic N) is 1. The Morgan fingerprint density at radius 3 is 2.56 bits per heavy atom. The van der Waals surface area contributed by atoms with E-state index in [0.29, 0.717) is 18.0 Å². The molecule has 0 bridgehead atoms. The molecule has 2 aromatic carbocycles. The maximum absolute atomic E-state index is 13.1. The lowest BCUT2D eigenvalue weighted by molar-refractivity contribution is -0.122. The van der Waals surface area contributed by atoms with Crippen molar-refractivity contribution >= 4 is 23.2 Å². The first kappa shape index (κ1) is 18.9. The normalized spacial score (nSPS) is 16.4. The Bertz CT molecular complexity index is 790. The highest BCUT2D eigenvalue weighted by molar-refractivity contribution is 6.03. The topological polar surface area (TPSA) is 58.6 Å². The average Bonchev–Trinajstić information content (AvgIpc) is 3.06. The number of benzene rings is 2. The lowest BCUT2D eigenvalue weighted by Crippen LogP contribution is -2.28. The summed E-state index contributed by atoms with van der Waals surface area (Å²) in [5.41, 5.74) is 1.26. The Hall–Kier alpha value is -2.89. The lowest BCUT2D eigenvalue weighted by atomic mass is 10.1. The SMILES string of the molecule is CCCCOc1ccc(NC(=O)C2CC(=O)N(c3ccc(F)cc3)C2)cc1. The van der Waals surface area contributed by atoms with Gasteiger partial charge in [0, 0.05) is 24.3 Å². The number of carbonyl (C=O) groups excluding carboxylic acids is 2. The third kappa shape index (κ3) is 4.84. The maximum atomic E-state index is 13.1. The molecule has 1 heterocycles. The molecule has 0 aromatic heterocycles. The molecule has 0 spiro atoms. The summed E-state index contributed by atoms with van der Waals surface area (Å²) < 4.78 is 18.7. The van der Waals surface area contributed by atoms with Crippen LogP contribution in [0.25, 0.3) is 0 Å². The summed E-state index contributed by atoms with van der Waals surface area (Å²) in [7, 11) is 0. The first-order chi connectivity index (χ1) is 13.1. The van der Waals surface area contributed by atoms with E-state index in [9.17, 15) is 14.0 Å². The average molecular weight is 370 g/mol. The largest absolute Gasteiger partial charge is 0.494 e. The van der Waals surface area contributed by atoms with Gasteiger partial charge in [0.05, 0.1) is 12.5 Å². The van der Waals surface area contributed by atoms with Gasteiger partial charge in [-0.1, -0.05) is 13.3 Å². The Morgan fingerprint density at radius 2 is 1.89 bits per heavy atom. The van der Waals surface area contributed by atoms with E-state index in [0.717, 1.165) is 18.6 Å². The van der Waals surface area contributed by atoms with E-state index in [2.05, 4.69) is 12.2 Å². The Kier molecular flexibility index (Phi) is 6.06. The summed E-state index contributed by atoms with van der Waals surface area (Å²) in [6, 6.07) is 12.9. The fraction of sp³-hybridized carbons (Fsp3) is 0.333. The van der Waals surface area contributed by atoms with Gasteiger partial charge in [-0.05, 0) is 55.0 Å². The van der Waals surface area contributed by atoms with Crippen molar-refractivity contribution in [3.63, 3.8) is 0 Å². The highest BCUT2D eigenvalue weighted by Gasteiger charge is 2.35. The summed E-state index contributed by atoms with van der Waals surface area (Å²) in [5.74, 6) is -0.376. The van der Waals surface area contributed by atoms with Crippen molar-refractivity contribution < 1.29 is 18.7 Å². The molecule has 5 nitrogen and oxygen atoms in total. The first-order valence-electron chi connectivity index (χ1n) is 9.16. The number of unbranched alkanes of at least 4 members (excludes halogenated alkanes) is 1. The van der Waals surface area contributed by atoms with Gasteiger partial charge in [0.1, 0.15) is 11.6 Å². The zero-order valence-electron chi connectivity index (χ0n) is 15.3. The fourth-order valence-corrected chi connectivity index (χ4v) is 2.97. The first-order valence-corrected chi connectivity index (χ1v) is 9.16. The summed E-state index contributed by atoms with van der Waals surface area (Å²) in [5, 5.41) is 2.85. The van der Waals surface area contributed by atoms with Gasteiger partial charge in [-0.2, -0.15) is 0 Å². The van der Waals surface area contributed by atoms with E-state index in [1.54, 1.807) is 24.3 Å². The Balaban J connectivity index is 1.57.